The zero-order valence-electron chi connectivity index (χ0n) is 17.3. The van der Waals surface area contributed by atoms with E-state index in [1.165, 1.54) is 0 Å². The van der Waals surface area contributed by atoms with Crippen LogP contribution >= 0.6 is 0 Å². The van der Waals surface area contributed by atoms with Crippen molar-refractivity contribution in [1.29, 1.82) is 0 Å². The van der Waals surface area contributed by atoms with Gasteiger partial charge in [-0.1, -0.05) is 36.4 Å². The molecular formula is C24H22N4O3. The minimum Gasteiger partial charge on any atom is -0.324 e. The number of urea groups is 1. The van der Waals surface area contributed by atoms with E-state index in [1.807, 2.05) is 73.1 Å². The summed E-state index contributed by atoms with van der Waals surface area (Å²) in [6, 6.07) is 18.4. The highest BCUT2D eigenvalue weighted by Crippen LogP contribution is 2.20. The number of amides is 4. The fraction of sp³-hybridized carbons (Fsp3) is 0.125. The number of imide groups is 1. The summed E-state index contributed by atoms with van der Waals surface area (Å²) < 4.78 is 2.00. The molecule has 0 unspecified atom stereocenters. The van der Waals surface area contributed by atoms with Crippen LogP contribution in [0.2, 0.25) is 0 Å². The molecule has 0 radical (unpaired) electrons. The Kier molecular flexibility index (Phi) is 5.41. The third kappa shape index (κ3) is 4.25. The van der Waals surface area contributed by atoms with E-state index in [-0.39, 0.29) is 12.2 Å². The molecule has 2 N–H and O–H groups in total. The van der Waals surface area contributed by atoms with Crippen LogP contribution in [0, 0.1) is 13.8 Å². The number of nitrogens with zero attached hydrogens (tertiary/aromatic N) is 2. The molecule has 7 nitrogen and oxygen atoms in total. The number of para-hydroxylation sites is 2. The monoisotopic (exact) mass is 414 g/mol. The number of aromatic nitrogens is 1. The van der Waals surface area contributed by atoms with Gasteiger partial charge in [0.25, 0.3) is 5.91 Å². The van der Waals surface area contributed by atoms with Crippen molar-refractivity contribution in [3.8, 4) is 5.69 Å². The molecule has 4 amide bonds. The summed E-state index contributed by atoms with van der Waals surface area (Å²) in [4.78, 5) is 38.3. The van der Waals surface area contributed by atoms with Crippen LogP contribution in [0.1, 0.15) is 16.8 Å². The summed E-state index contributed by atoms with van der Waals surface area (Å²) in [6.45, 7) is 3.47. The first-order valence-electron chi connectivity index (χ1n) is 9.87. The fourth-order valence-corrected chi connectivity index (χ4v) is 3.47. The third-order valence-corrected chi connectivity index (χ3v) is 5.06. The van der Waals surface area contributed by atoms with Gasteiger partial charge in [-0.15, -0.1) is 0 Å². The van der Waals surface area contributed by atoms with Crippen molar-refractivity contribution in [3.63, 3.8) is 0 Å². The molecule has 156 valence electrons. The Morgan fingerprint density at radius 3 is 2.48 bits per heavy atom. The zero-order valence-corrected chi connectivity index (χ0v) is 17.3. The smallest absolute Gasteiger partial charge is 0.324 e. The standard InChI is InChI=1S/C24H22N4O3/c1-16-8-6-7-11-20(16)25-22(29)15-28-23(30)21(26-24(28)31)13-18-12-17(2)27(14-18)19-9-4-3-5-10-19/h3-14H,15H2,1-2H3,(H,25,29)(H,26,31)/b21-13+. The summed E-state index contributed by atoms with van der Waals surface area (Å²) in [5.41, 5.74) is 4.44. The molecule has 0 atom stereocenters. The number of hydrogen-bond donors (Lipinski definition) is 2. The van der Waals surface area contributed by atoms with E-state index < -0.39 is 17.8 Å². The van der Waals surface area contributed by atoms with Crippen molar-refractivity contribution < 1.29 is 14.4 Å². The first-order chi connectivity index (χ1) is 14.9. The van der Waals surface area contributed by atoms with Gasteiger partial charge in [0.2, 0.25) is 5.91 Å². The fourth-order valence-electron chi connectivity index (χ4n) is 3.47. The Balaban J connectivity index is 1.49. The molecule has 0 aliphatic carbocycles. The van der Waals surface area contributed by atoms with Crippen LogP contribution in [0.4, 0.5) is 10.5 Å². The Hall–Kier alpha value is -4.13. The summed E-state index contributed by atoms with van der Waals surface area (Å²) >= 11 is 0. The molecule has 3 aromatic rings. The summed E-state index contributed by atoms with van der Waals surface area (Å²) in [6.07, 6.45) is 3.51. The molecule has 0 spiro atoms. The summed E-state index contributed by atoms with van der Waals surface area (Å²) in [5.74, 6) is -0.972. The maximum absolute atomic E-state index is 12.7. The highest BCUT2D eigenvalue weighted by molar-refractivity contribution is 6.16. The molecule has 31 heavy (non-hydrogen) atoms. The lowest BCUT2D eigenvalue weighted by molar-refractivity contribution is -0.127. The van der Waals surface area contributed by atoms with Gasteiger partial charge in [0, 0.05) is 23.3 Å². The van der Waals surface area contributed by atoms with E-state index in [0.717, 1.165) is 27.4 Å². The lowest BCUT2D eigenvalue weighted by Crippen LogP contribution is -2.38. The minimum atomic E-state index is -0.615. The number of nitrogens with one attached hydrogen (secondary N) is 2. The van der Waals surface area contributed by atoms with Crippen molar-refractivity contribution in [2.24, 2.45) is 0 Å². The van der Waals surface area contributed by atoms with Gasteiger partial charge in [-0.25, -0.2) is 9.69 Å². The number of benzene rings is 2. The quantitative estimate of drug-likeness (QED) is 0.494. The van der Waals surface area contributed by atoms with E-state index in [4.69, 9.17) is 0 Å². The van der Waals surface area contributed by atoms with Crippen LogP contribution in [-0.4, -0.2) is 33.9 Å². The van der Waals surface area contributed by atoms with Gasteiger partial charge < -0.3 is 15.2 Å². The minimum absolute atomic E-state index is 0.138. The Morgan fingerprint density at radius 1 is 1.03 bits per heavy atom. The molecule has 0 saturated carbocycles. The van der Waals surface area contributed by atoms with Crippen LogP contribution in [0.5, 0.6) is 0 Å². The number of anilines is 1. The van der Waals surface area contributed by atoms with Crippen molar-refractivity contribution in [2.75, 3.05) is 11.9 Å². The van der Waals surface area contributed by atoms with Crippen LogP contribution in [0.15, 0.2) is 72.6 Å². The molecule has 1 aliphatic rings. The second-order valence-electron chi connectivity index (χ2n) is 7.36. The normalized spacial score (nSPS) is 14.8. The molecule has 1 fully saturated rings. The first-order valence-corrected chi connectivity index (χ1v) is 9.87. The Labute approximate surface area is 180 Å². The molecule has 7 heteroatoms. The van der Waals surface area contributed by atoms with Gasteiger partial charge in [0.15, 0.2) is 0 Å². The van der Waals surface area contributed by atoms with Crippen molar-refractivity contribution >= 4 is 29.6 Å². The van der Waals surface area contributed by atoms with Gasteiger partial charge in [0.05, 0.1) is 0 Å². The van der Waals surface area contributed by atoms with Crippen molar-refractivity contribution in [3.05, 3.63) is 89.4 Å². The van der Waals surface area contributed by atoms with Crippen molar-refractivity contribution in [1.82, 2.24) is 14.8 Å². The number of hydrogen-bond acceptors (Lipinski definition) is 3. The maximum atomic E-state index is 12.7. The van der Waals surface area contributed by atoms with E-state index in [1.54, 1.807) is 18.2 Å². The molecule has 2 heterocycles. The largest absolute Gasteiger partial charge is 0.329 e. The molecule has 0 bridgehead atoms. The topological polar surface area (TPSA) is 83.4 Å². The first kappa shape index (κ1) is 20.2. The summed E-state index contributed by atoms with van der Waals surface area (Å²) in [5, 5.41) is 5.30. The second kappa shape index (κ2) is 8.31. The number of aryl methyl sites for hydroxylation is 2. The maximum Gasteiger partial charge on any atom is 0.329 e. The van der Waals surface area contributed by atoms with Crippen molar-refractivity contribution in [2.45, 2.75) is 13.8 Å². The average molecular weight is 414 g/mol. The number of carbonyl (C=O) groups is 3. The van der Waals surface area contributed by atoms with E-state index in [2.05, 4.69) is 10.6 Å². The second-order valence-corrected chi connectivity index (χ2v) is 7.36. The van der Waals surface area contributed by atoms with Crippen LogP contribution in [0.3, 0.4) is 0 Å². The lowest BCUT2D eigenvalue weighted by Gasteiger charge is -2.13. The van der Waals surface area contributed by atoms with Gasteiger partial charge in [0.1, 0.15) is 12.2 Å². The molecule has 2 aromatic carbocycles. The predicted octanol–water partition coefficient (Wildman–Crippen LogP) is 3.63. The number of carbonyl (C=O) groups excluding carboxylic acids is 3. The zero-order chi connectivity index (χ0) is 22.0. The van der Waals surface area contributed by atoms with Gasteiger partial charge in [-0.2, -0.15) is 0 Å². The van der Waals surface area contributed by atoms with Crippen LogP contribution < -0.4 is 10.6 Å². The predicted molar refractivity (Wildman–Crippen MR) is 119 cm³/mol. The number of rotatable bonds is 5. The van der Waals surface area contributed by atoms with Gasteiger partial charge in [-0.3, -0.25) is 9.59 Å². The van der Waals surface area contributed by atoms with Gasteiger partial charge in [-0.05, 0) is 55.3 Å². The SMILES string of the molecule is Cc1ccccc1NC(=O)CN1C(=O)N/C(=C/c2cc(C)n(-c3ccccc3)c2)C1=O. The Bertz CT molecular complexity index is 1190. The Morgan fingerprint density at radius 2 is 1.74 bits per heavy atom. The van der Waals surface area contributed by atoms with Gasteiger partial charge >= 0.3 is 6.03 Å². The lowest BCUT2D eigenvalue weighted by atomic mass is 10.2. The molecular weight excluding hydrogens is 392 g/mol. The highest BCUT2D eigenvalue weighted by Gasteiger charge is 2.35. The molecule has 4 rings (SSSR count). The average Bonchev–Trinajstić information content (AvgIpc) is 3.24. The van der Waals surface area contributed by atoms with Crippen LogP contribution in [-0.2, 0) is 9.59 Å². The van der Waals surface area contributed by atoms with Crippen LogP contribution in [0.25, 0.3) is 11.8 Å². The molecule has 1 aliphatic heterocycles. The highest BCUT2D eigenvalue weighted by atomic mass is 16.2. The third-order valence-electron chi connectivity index (χ3n) is 5.06. The molecule has 1 saturated heterocycles. The van der Waals surface area contributed by atoms with E-state index in [0.29, 0.717) is 5.69 Å². The van der Waals surface area contributed by atoms with E-state index in [9.17, 15) is 14.4 Å². The molecule has 1 aromatic heterocycles. The van der Waals surface area contributed by atoms with E-state index >= 15 is 0 Å². The summed E-state index contributed by atoms with van der Waals surface area (Å²) in [7, 11) is 0.